The van der Waals surface area contributed by atoms with Crippen molar-refractivity contribution in [1.82, 2.24) is 16.0 Å². The standard InChI is InChI=1S/C15H25ClN4/c1-15(2,3)20-10-9-18-14(17-4)19-11-12-7-5-6-8-13(12)16/h5-8,20H,9-11H2,1-4H3,(H2,17,18,19). The maximum absolute atomic E-state index is 6.12. The Kier molecular flexibility index (Phi) is 6.82. The Morgan fingerprint density at radius 2 is 1.85 bits per heavy atom. The van der Waals surface area contributed by atoms with Gasteiger partial charge in [-0.2, -0.15) is 0 Å². The monoisotopic (exact) mass is 296 g/mol. The highest BCUT2D eigenvalue weighted by Crippen LogP contribution is 2.14. The Balaban J connectivity index is 2.32. The smallest absolute Gasteiger partial charge is 0.191 e. The summed E-state index contributed by atoms with van der Waals surface area (Å²) in [5.74, 6) is 0.778. The number of nitrogens with zero attached hydrogens (tertiary/aromatic N) is 1. The maximum Gasteiger partial charge on any atom is 0.191 e. The molecule has 0 aliphatic rings. The molecule has 0 unspecified atom stereocenters. The van der Waals surface area contributed by atoms with Gasteiger partial charge < -0.3 is 16.0 Å². The molecule has 112 valence electrons. The van der Waals surface area contributed by atoms with Crippen LogP contribution in [0.15, 0.2) is 29.3 Å². The Hall–Kier alpha value is -1.26. The van der Waals surface area contributed by atoms with Crippen molar-refractivity contribution in [2.24, 2.45) is 4.99 Å². The predicted molar refractivity (Wildman–Crippen MR) is 87.4 cm³/mol. The number of hydrogen-bond donors (Lipinski definition) is 3. The van der Waals surface area contributed by atoms with Crippen molar-refractivity contribution >= 4 is 17.6 Å². The van der Waals surface area contributed by atoms with E-state index in [-0.39, 0.29) is 5.54 Å². The van der Waals surface area contributed by atoms with Crippen molar-refractivity contribution in [2.75, 3.05) is 20.1 Å². The van der Waals surface area contributed by atoms with E-state index in [0.717, 1.165) is 29.6 Å². The second kappa shape index (κ2) is 8.12. The van der Waals surface area contributed by atoms with Crippen molar-refractivity contribution in [2.45, 2.75) is 32.9 Å². The summed E-state index contributed by atoms with van der Waals surface area (Å²) < 4.78 is 0. The topological polar surface area (TPSA) is 48.5 Å². The molecule has 5 heteroatoms. The first-order chi connectivity index (χ1) is 9.42. The third kappa shape index (κ3) is 6.78. The average Bonchev–Trinajstić information content (AvgIpc) is 2.38. The van der Waals surface area contributed by atoms with Gasteiger partial charge in [0, 0.05) is 37.2 Å². The zero-order valence-electron chi connectivity index (χ0n) is 12.8. The molecule has 3 N–H and O–H groups in total. The summed E-state index contributed by atoms with van der Waals surface area (Å²) in [4.78, 5) is 4.19. The third-order valence-corrected chi connectivity index (χ3v) is 3.07. The number of hydrogen-bond acceptors (Lipinski definition) is 2. The zero-order valence-corrected chi connectivity index (χ0v) is 13.5. The van der Waals surface area contributed by atoms with E-state index < -0.39 is 0 Å². The second-order valence-electron chi connectivity index (χ2n) is 5.62. The minimum atomic E-state index is 0.135. The molecular formula is C15H25ClN4. The summed E-state index contributed by atoms with van der Waals surface area (Å²) >= 11 is 6.12. The van der Waals surface area contributed by atoms with Crippen LogP contribution < -0.4 is 16.0 Å². The van der Waals surface area contributed by atoms with Crippen LogP contribution in [-0.4, -0.2) is 31.6 Å². The number of halogens is 1. The highest BCUT2D eigenvalue weighted by molar-refractivity contribution is 6.31. The molecule has 1 aromatic carbocycles. The van der Waals surface area contributed by atoms with Gasteiger partial charge in [-0.05, 0) is 32.4 Å². The first kappa shape index (κ1) is 16.8. The number of benzene rings is 1. The minimum Gasteiger partial charge on any atom is -0.355 e. The van der Waals surface area contributed by atoms with Crippen LogP contribution in [0.4, 0.5) is 0 Å². The predicted octanol–water partition coefficient (Wildman–Crippen LogP) is 2.39. The Morgan fingerprint density at radius 1 is 1.15 bits per heavy atom. The Morgan fingerprint density at radius 3 is 2.45 bits per heavy atom. The van der Waals surface area contributed by atoms with Crippen LogP contribution in [0.25, 0.3) is 0 Å². The van der Waals surface area contributed by atoms with Crippen LogP contribution in [0.5, 0.6) is 0 Å². The lowest BCUT2D eigenvalue weighted by molar-refractivity contribution is 0.428. The number of nitrogens with one attached hydrogen (secondary N) is 3. The van der Waals surface area contributed by atoms with E-state index in [9.17, 15) is 0 Å². The van der Waals surface area contributed by atoms with E-state index in [1.165, 1.54) is 0 Å². The molecule has 0 atom stereocenters. The molecular weight excluding hydrogens is 272 g/mol. The molecule has 0 aromatic heterocycles. The lowest BCUT2D eigenvalue weighted by Gasteiger charge is -2.21. The van der Waals surface area contributed by atoms with Gasteiger partial charge in [-0.1, -0.05) is 29.8 Å². The van der Waals surface area contributed by atoms with Gasteiger partial charge in [0.15, 0.2) is 5.96 Å². The van der Waals surface area contributed by atoms with Gasteiger partial charge in [0.1, 0.15) is 0 Å². The number of rotatable bonds is 5. The zero-order chi connectivity index (χ0) is 15.0. The van der Waals surface area contributed by atoms with Crippen molar-refractivity contribution < 1.29 is 0 Å². The van der Waals surface area contributed by atoms with Gasteiger partial charge in [-0.25, -0.2) is 0 Å². The van der Waals surface area contributed by atoms with Gasteiger partial charge in [0.05, 0.1) is 0 Å². The number of guanidine groups is 1. The molecule has 4 nitrogen and oxygen atoms in total. The lowest BCUT2D eigenvalue weighted by Crippen LogP contribution is -2.44. The molecule has 0 aliphatic heterocycles. The molecule has 0 fully saturated rings. The second-order valence-corrected chi connectivity index (χ2v) is 6.03. The molecule has 0 aliphatic carbocycles. The van der Waals surface area contributed by atoms with Crippen LogP contribution in [0.3, 0.4) is 0 Å². The van der Waals surface area contributed by atoms with E-state index in [2.05, 4.69) is 41.7 Å². The molecule has 0 radical (unpaired) electrons. The fraction of sp³-hybridized carbons (Fsp3) is 0.533. The van der Waals surface area contributed by atoms with E-state index in [4.69, 9.17) is 11.6 Å². The first-order valence-corrected chi connectivity index (χ1v) is 7.23. The highest BCUT2D eigenvalue weighted by Gasteiger charge is 2.07. The van der Waals surface area contributed by atoms with E-state index in [1.54, 1.807) is 7.05 Å². The third-order valence-electron chi connectivity index (χ3n) is 2.70. The number of aliphatic imine (C=N–C) groups is 1. The van der Waals surface area contributed by atoms with Crippen molar-refractivity contribution in [3.8, 4) is 0 Å². The van der Waals surface area contributed by atoms with Crippen LogP contribution in [0, 0.1) is 0 Å². The van der Waals surface area contributed by atoms with Gasteiger partial charge >= 0.3 is 0 Å². The van der Waals surface area contributed by atoms with Crippen molar-refractivity contribution in [3.05, 3.63) is 34.9 Å². The van der Waals surface area contributed by atoms with Crippen LogP contribution in [0.1, 0.15) is 26.3 Å². The Labute approximate surface area is 127 Å². The summed E-state index contributed by atoms with van der Waals surface area (Å²) in [6, 6.07) is 7.80. The summed E-state index contributed by atoms with van der Waals surface area (Å²) in [6.45, 7) is 8.81. The molecule has 20 heavy (non-hydrogen) atoms. The molecule has 0 bridgehead atoms. The molecule has 0 amide bonds. The fourth-order valence-corrected chi connectivity index (χ4v) is 1.86. The van der Waals surface area contributed by atoms with Crippen LogP contribution in [-0.2, 0) is 6.54 Å². The van der Waals surface area contributed by atoms with Crippen LogP contribution in [0.2, 0.25) is 5.02 Å². The fourth-order valence-electron chi connectivity index (χ4n) is 1.66. The normalized spacial score (nSPS) is 12.3. The van der Waals surface area contributed by atoms with Gasteiger partial charge in [-0.15, -0.1) is 0 Å². The summed E-state index contributed by atoms with van der Waals surface area (Å²) in [7, 11) is 1.76. The van der Waals surface area contributed by atoms with E-state index in [1.807, 2.05) is 24.3 Å². The highest BCUT2D eigenvalue weighted by atomic mass is 35.5. The summed E-state index contributed by atoms with van der Waals surface area (Å²) in [5.41, 5.74) is 1.20. The van der Waals surface area contributed by atoms with E-state index in [0.29, 0.717) is 6.54 Å². The largest absolute Gasteiger partial charge is 0.355 e. The molecule has 1 rings (SSSR count). The lowest BCUT2D eigenvalue weighted by atomic mass is 10.1. The maximum atomic E-state index is 6.12. The SMILES string of the molecule is CN=C(NCCNC(C)(C)C)NCc1ccccc1Cl. The molecule has 0 saturated carbocycles. The van der Waals surface area contributed by atoms with Crippen molar-refractivity contribution in [3.63, 3.8) is 0 Å². The van der Waals surface area contributed by atoms with Crippen molar-refractivity contribution in [1.29, 1.82) is 0 Å². The molecule has 0 spiro atoms. The average molecular weight is 297 g/mol. The van der Waals surface area contributed by atoms with Gasteiger partial charge in [0.25, 0.3) is 0 Å². The van der Waals surface area contributed by atoms with E-state index >= 15 is 0 Å². The van der Waals surface area contributed by atoms with Gasteiger partial charge in [-0.3, -0.25) is 4.99 Å². The minimum absolute atomic E-state index is 0.135. The van der Waals surface area contributed by atoms with Gasteiger partial charge in [0.2, 0.25) is 0 Å². The molecule has 0 saturated heterocycles. The summed E-state index contributed by atoms with van der Waals surface area (Å²) in [6.07, 6.45) is 0. The quantitative estimate of drug-likeness (QED) is 0.444. The first-order valence-electron chi connectivity index (χ1n) is 6.85. The molecule has 1 aromatic rings. The summed E-state index contributed by atoms with van der Waals surface area (Å²) in [5, 5.41) is 10.7. The van der Waals surface area contributed by atoms with Crippen LogP contribution >= 0.6 is 11.6 Å². The Bertz CT molecular complexity index is 438. The molecule has 0 heterocycles.